The van der Waals surface area contributed by atoms with Crippen molar-refractivity contribution in [3.8, 4) is 0 Å². The van der Waals surface area contributed by atoms with E-state index >= 15 is 0 Å². The van der Waals surface area contributed by atoms with E-state index < -0.39 is 38.0 Å². The van der Waals surface area contributed by atoms with E-state index in [0.29, 0.717) is 51.6 Å². The van der Waals surface area contributed by atoms with Crippen molar-refractivity contribution in [2.24, 2.45) is 5.92 Å². The third kappa shape index (κ3) is 15.2. The molecule has 15 heteroatoms. The first-order valence-electron chi connectivity index (χ1n) is 12.9. The number of ether oxygens (including phenoxy) is 2. The number of methoxy groups -OCH3 is 1. The molecule has 0 bridgehead atoms. The average Bonchev–Trinajstić information content (AvgIpc) is 3.17. The highest BCUT2D eigenvalue weighted by molar-refractivity contribution is 7.47. The summed E-state index contributed by atoms with van der Waals surface area (Å²) in [6, 6.07) is -1.29. The Bertz CT molecular complexity index is 778. The highest BCUT2D eigenvalue weighted by atomic mass is 31.2. The van der Waals surface area contributed by atoms with Gasteiger partial charge in [-0.3, -0.25) is 23.4 Å². The van der Waals surface area contributed by atoms with Crippen LogP contribution in [-0.2, 0) is 37.5 Å². The summed E-state index contributed by atoms with van der Waals surface area (Å²) in [4.78, 5) is 45.0. The number of aliphatic hydroxyl groups is 1. The van der Waals surface area contributed by atoms with Gasteiger partial charge in [-0.2, -0.15) is 0 Å². The standard InChI is InChI=1S/C23H43BN3O10P/c1-16(29)25-10-7-5-9-19(27-17(2)30)23(31)26-11-6-4-8-18(13-28)14-35-38(32,33)37-20-12-22(24)36-21(20)15-34-3/h18-22,28H,4-15H2,1-3H3,(H,25,29)(H,26,31)(H,27,30)(H,32,33)/t18?,19-,20-,21+,22+/m0/s1. The lowest BCUT2D eigenvalue weighted by Gasteiger charge is -2.22. The molecule has 1 aliphatic rings. The Morgan fingerprint density at radius 2 is 1.74 bits per heavy atom. The summed E-state index contributed by atoms with van der Waals surface area (Å²) in [6.07, 6.45) is 2.38. The fourth-order valence-corrected chi connectivity index (χ4v) is 4.97. The first kappa shape index (κ1) is 34.5. The highest BCUT2D eigenvalue weighted by Gasteiger charge is 2.39. The van der Waals surface area contributed by atoms with Gasteiger partial charge in [0.15, 0.2) is 0 Å². The SMILES string of the molecule is [B][C@H]1C[C@H](OP(=O)(O)OCC(CO)CCCCNC(=O)[C@H](CCCCNC(C)=O)NC(C)=O)[C@@H](COC)O1. The van der Waals surface area contributed by atoms with Crippen molar-refractivity contribution in [1.82, 2.24) is 16.0 Å². The minimum absolute atomic E-state index is 0.115. The quantitative estimate of drug-likeness (QED) is 0.0776. The van der Waals surface area contributed by atoms with Gasteiger partial charge in [0.1, 0.15) is 20.0 Å². The number of phosphoric ester groups is 1. The van der Waals surface area contributed by atoms with Gasteiger partial charge >= 0.3 is 7.82 Å². The molecule has 0 saturated carbocycles. The minimum atomic E-state index is -4.41. The van der Waals surface area contributed by atoms with Crippen LogP contribution in [0, 0.1) is 5.92 Å². The van der Waals surface area contributed by atoms with Gasteiger partial charge in [-0.1, -0.05) is 6.42 Å². The van der Waals surface area contributed by atoms with Gasteiger partial charge in [0.05, 0.1) is 19.3 Å². The molecule has 0 aromatic heterocycles. The molecule has 38 heavy (non-hydrogen) atoms. The summed E-state index contributed by atoms with van der Waals surface area (Å²) in [5, 5.41) is 17.8. The molecule has 0 spiro atoms. The van der Waals surface area contributed by atoms with Gasteiger partial charge < -0.3 is 35.4 Å². The number of amides is 3. The molecule has 5 N–H and O–H groups in total. The normalized spacial score (nSPS) is 22.3. The smallest absolute Gasteiger partial charge is 0.396 e. The van der Waals surface area contributed by atoms with Crippen LogP contribution in [0.3, 0.4) is 0 Å². The van der Waals surface area contributed by atoms with Gasteiger partial charge in [0, 0.05) is 52.6 Å². The van der Waals surface area contributed by atoms with Crippen molar-refractivity contribution < 1.29 is 47.5 Å². The first-order chi connectivity index (χ1) is 18.0. The predicted molar refractivity (Wildman–Crippen MR) is 139 cm³/mol. The van der Waals surface area contributed by atoms with E-state index in [1.54, 1.807) is 0 Å². The summed E-state index contributed by atoms with van der Waals surface area (Å²) in [5.41, 5.74) is 0. The van der Waals surface area contributed by atoms with Gasteiger partial charge in [-0.25, -0.2) is 4.57 Å². The Balaban J connectivity index is 2.34. The Morgan fingerprint density at radius 3 is 2.34 bits per heavy atom. The molecule has 3 amide bonds. The largest absolute Gasteiger partial charge is 0.472 e. The van der Waals surface area contributed by atoms with Crippen LogP contribution in [0.15, 0.2) is 0 Å². The van der Waals surface area contributed by atoms with E-state index in [0.717, 1.165) is 0 Å². The van der Waals surface area contributed by atoms with Crippen LogP contribution in [0.1, 0.15) is 58.8 Å². The lowest BCUT2D eigenvalue weighted by Crippen LogP contribution is -2.46. The molecular weight excluding hydrogens is 520 g/mol. The van der Waals surface area contributed by atoms with E-state index in [9.17, 15) is 28.9 Å². The Hall–Kier alpha value is -1.54. The van der Waals surface area contributed by atoms with Gasteiger partial charge in [-0.05, 0) is 38.5 Å². The number of hydrogen-bond acceptors (Lipinski definition) is 9. The third-order valence-electron chi connectivity index (χ3n) is 5.89. The second-order valence-corrected chi connectivity index (χ2v) is 10.8. The number of unbranched alkanes of at least 4 members (excludes halogenated alkanes) is 2. The van der Waals surface area contributed by atoms with Crippen molar-refractivity contribution in [2.75, 3.05) is 40.0 Å². The molecule has 0 aromatic rings. The fourth-order valence-electron chi connectivity index (χ4n) is 3.94. The van der Waals surface area contributed by atoms with Crippen molar-refractivity contribution in [2.45, 2.75) is 83.0 Å². The molecule has 1 aliphatic heterocycles. The second-order valence-electron chi connectivity index (χ2n) is 9.38. The van der Waals surface area contributed by atoms with E-state index in [1.807, 2.05) is 0 Å². The van der Waals surface area contributed by atoms with Crippen molar-refractivity contribution in [1.29, 1.82) is 0 Å². The van der Waals surface area contributed by atoms with Crippen LogP contribution in [0.25, 0.3) is 0 Å². The van der Waals surface area contributed by atoms with Crippen LogP contribution in [0.2, 0.25) is 0 Å². The number of hydrogen-bond donors (Lipinski definition) is 5. The zero-order chi connectivity index (χ0) is 28.6. The second kappa shape index (κ2) is 18.7. The number of nitrogens with one attached hydrogen (secondary N) is 3. The lowest BCUT2D eigenvalue weighted by molar-refractivity contribution is -0.128. The molecule has 1 heterocycles. The Kier molecular flexibility index (Phi) is 17.0. The predicted octanol–water partition coefficient (Wildman–Crippen LogP) is 0.125. The summed E-state index contributed by atoms with van der Waals surface area (Å²) >= 11 is 0. The van der Waals surface area contributed by atoms with Crippen LogP contribution in [-0.4, -0.2) is 99.8 Å². The third-order valence-corrected chi connectivity index (χ3v) is 6.90. The number of phosphoric acid groups is 1. The number of aliphatic hydroxyl groups excluding tert-OH is 1. The maximum atomic E-state index is 12.5. The molecule has 2 unspecified atom stereocenters. The van der Waals surface area contributed by atoms with Crippen LogP contribution >= 0.6 is 7.82 Å². The van der Waals surface area contributed by atoms with E-state index in [-0.39, 0.29) is 44.0 Å². The number of carbonyl (C=O) groups is 3. The molecule has 13 nitrogen and oxygen atoms in total. The maximum Gasteiger partial charge on any atom is 0.472 e. The molecule has 1 fully saturated rings. The fraction of sp³-hybridized carbons (Fsp3) is 0.870. The maximum absolute atomic E-state index is 12.5. The zero-order valence-corrected chi connectivity index (χ0v) is 23.5. The van der Waals surface area contributed by atoms with Crippen molar-refractivity contribution in [3.63, 3.8) is 0 Å². The highest BCUT2D eigenvalue weighted by Crippen LogP contribution is 2.47. The summed E-state index contributed by atoms with van der Waals surface area (Å²) in [5.74, 6) is -1.11. The van der Waals surface area contributed by atoms with Gasteiger partial charge in [0.25, 0.3) is 0 Å². The van der Waals surface area contributed by atoms with E-state index in [4.69, 9.17) is 26.4 Å². The lowest BCUT2D eigenvalue weighted by atomic mass is 9.96. The molecule has 2 radical (unpaired) electrons. The molecule has 0 aromatic carbocycles. The molecular formula is C23H43BN3O10P. The molecule has 0 aliphatic carbocycles. The van der Waals surface area contributed by atoms with Gasteiger partial charge in [-0.15, -0.1) is 0 Å². The topological polar surface area (TPSA) is 182 Å². The summed E-state index contributed by atoms with van der Waals surface area (Å²) in [7, 11) is 2.78. The molecule has 218 valence electrons. The number of carbonyl (C=O) groups excluding carboxylic acids is 3. The van der Waals surface area contributed by atoms with Crippen LogP contribution in [0.4, 0.5) is 0 Å². The summed E-state index contributed by atoms with van der Waals surface area (Å²) in [6.45, 7) is 3.37. The molecule has 6 atom stereocenters. The first-order valence-corrected chi connectivity index (χ1v) is 14.4. The van der Waals surface area contributed by atoms with Crippen LogP contribution < -0.4 is 16.0 Å². The minimum Gasteiger partial charge on any atom is -0.396 e. The van der Waals surface area contributed by atoms with Crippen molar-refractivity contribution in [3.05, 3.63) is 0 Å². The number of rotatable bonds is 20. The van der Waals surface area contributed by atoms with E-state index in [1.165, 1.54) is 21.0 Å². The van der Waals surface area contributed by atoms with Crippen molar-refractivity contribution >= 4 is 33.4 Å². The molecule has 1 rings (SSSR count). The Morgan fingerprint density at radius 1 is 1.08 bits per heavy atom. The average molecular weight is 563 g/mol. The van der Waals surface area contributed by atoms with E-state index in [2.05, 4.69) is 16.0 Å². The summed E-state index contributed by atoms with van der Waals surface area (Å²) < 4.78 is 33.1. The zero-order valence-electron chi connectivity index (χ0n) is 22.6. The van der Waals surface area contributed by atoms with Gasteiger partial charge in [0.2, 0.25) is 17.7 Å². The van der Waals surface area contributed by atoms with Crippen LogP contribution in [0.5, 0.6) is 0 Å². The molecule has 1 saturated heterocycles. The Labute approximate surface area is 226 Å². The monoisotopic (exact) mass is 563 g/mol.